The lowest BCUT2D eigenvalue weighted by Crippen LogP contribution is -3.16. The zero-order valence-electron chi connectivity index (χ0n) is 15.9. The molecule has 2 atom stereocenters. The summed E-state index contributed by atoms with van der Waals surface area (Å²) in [5.41, 5.74) is 1.79. The van der Waals surface area contributed by atoms with Gasteiger partial charge in [0.25, 0.3) is 5.91 Å². The first-order valence-electron chi connectivity index (χ1n) is 9.14. The molecule has 1 amide bonds. The Hall–Kier alpha value is -2.24. The smallest absolute Gasteiger partial charge is 0.282 e. The molecule has 2 aromatic carbocycles. The molecule has 2 N–H and O–H groups in total. The van der Waals surface area contributed by atoms with Crippen LogP contribution in [0.4, 0.5) is 5.69 Å². The normalized spacial score (nSPS) is 15.7. The lowest BCUT2D eigenvalue weighted by atomic mass is 10.1. The van der Waals surface area contributed by atoms with Gasteiger partial charge >= 0.3 is 0 Å². The molecule has 0 radical (unpaired) electrons. The number of carbonyl (C=O) groups is 1. The van der Waals surface area contributed by atoms with Crippen LogP contribution in [0.3, 0.4) is 0 Å². The minimum atomic E-state index is -0.191. The molecule has 3 rings (SSSR count). The van der Waals surface area contributed by atoms with Crippen LogP contribution in [0.25, 0.3) is 0 Å². The summed E-state index contributed by atoms with van der Waals surface area (Å²) in [4.78, 5) is 14.2. The van der Waals surface area contributed by atoms with Gasteiger partial charge in [-0.05, 0) is 49.4 Å². The largest absolute Gasteiger partial charge is 0.497 e. The Bertz CT molecular complexity index is 791. The van der Waals surface area contributed by atoms with Gasteiger partial charge in [-0.15, -0.1) is 0 Å². The van der Waals surface area contributed by atoms with E-state index in [4.69, 9.17) is 21.1 Å². The molecule has 1 unspecified atom stereocenters. The molecule has 0 spiro atoms. The van der Waals surface area contributed by atoms with E-state index >= 15 is 0 Å². The van der Waals surface area contributed by atoms with Crippen molar-refractivity contribution in [2.45, 2.75) is 38.4 Å². The van der Waals surface area contributed by atoms with Crippen LogP contribution in [0.2, 0.25) is 5.02 Å². The van der Waals surface area contributed by atoms with Crippen molar-refractivity contribution < 1.29 is 19.2 Å². The van der Waals surface area contributed by atoms with Gasteiger partial charge in [-0.1, -0.05) is 11.6 Å². The predicted octanol–water partition coefficient (Wildman–Crippen LogP) is 2.93. The first kappa shape index (κ1) is 19.5. The summed E-state index contributed by atoms with van der Waals surface area (Å²) in [5, 5.41) is 3.54. The Morgan fingerprint density at radius 1 is 1.19 bits per heavy atom. The fourth-order valence-electron chi connectivity index (χ4n) is 3.27. The van der Waals surface area contributed by atoms with Crippen LogP contribution in [-0.2, 0) is 11.3 Å². The Balaban J connectivity index is 1.71. The number of methoxy groups -OCH3 is 2. The molecule has 5 nitrogen and oxygen atoms in total. The zero-order valence-corrected chi connectivity index (χ0v) is 16.7. The number of hydrogen-bond acceptors (Lipinski definition) is 3. The second kappa shape index (κ2) is 8.63. The summed E-state index contributed by atoms with van der Waals surface area (Å²) in [5.74, 6) is 1.40. The predicted molar refractivity (Wildman–Crippen MR) is 107 cm³/mol. The number of benzene rings is 2. The van der Waals surface area contributed by atoms with Crippen molar-refractivity contribution in [2.75, 3.05) is 19.5 Å². The molecule has 27 heavy (non-hydrogen) atoms. The molecule has 0 bridgehead atoms. The van der Waals surface area contributed by atoms with Gasteiger partial charge in [0.15, 0.2) is 6.04 Å². The van der Waals surface area contributed by atoms with Crippen LogP contribution >= 0.6 is 11.6 Å². The van der Waals surface area contributed by atoms with Crippen molar-refractivity contribution in [1.82, 2.24) is 0 Å². The fraction of sp³-hybridized carbons (Fsp3) is 0.381. The quantitative estimate of drug-likeness (QED) is 0.729. The second-order valence-electron chi connectivity index (χ2n) is 6.93. The van der Waals surface area contributed by atoms with E-state index in [1.807, 2.05) is 19.1 Å². The number of carbonyl (C=O) groups excluding carboxylic acids is 1. The fourth-order valence-corrected chi connectivity index (χ4v) is 3.44. The monoisotopic (exact) mass is 389 g/mol. The van der Waals surface area contributed by atoms with Gasteiger partial charge in [-0.2, -0.15) is 0 Å². The maximum Gasteiger partial charge on any atom is 0.282 e. The van der Waals surface area contributed by atoms with Crippen LogP contribution in [-0.4, -0.2) is 32.2 Å². The van der Waals surface area contributed by atoms with E-state index in [9.17, 15) is 4.79 Å². The number of anilines is 1. The number of halogens is 1. The molecule has 0 aliphatic heterocycles. The van der Waals surface area contributed by atoms with Gasteiger partial charge in [0.1, 0.15) is 18.0 Å². The van der Waals surface area contributed by atoms with Crippen molar-refractivity contribution >= 4 is 23.2 Å². The van der Waals surface area contributed by atoms with Gasteiger partial charge in [0.2, 0.25) is 0 Å². The van der Waals surface area contributed by atoms with Gasteiger partial charge in [-0.3, -0.25) is 4.79 Å². The molecular weight excluding hydrogens is 364 g/mol. The van der Waals surface area contributed by atoms with Crippen molar-refractivity contribution in [1.29, 1.82) is 0 Å². The average molecular weight is 390 g/mol. The average Bonchev–Trinajstić information content (AvgIpc) is 3.51. The summed E-state index contributed by atoms with van der Waals surface area (Å²) in [6.07, 6.45) is 2.31. The highest BCUT2D eigenvalue weighted by Crippen LogP contribution is 2.27. The molecule has 0 heterocycles. The highest BCUT2D eigenvalue weighted by Gasteiger charge is 2.39. The van der Waals surface area contributed by atoms with Crippen LogP contribution in [0.15, 0.2) is 42.5 Å². The first-order valence-corrected chi connectivity index (χ1v) is 9.52. The third-order valence-corrected chi connectivity index (χ3v) is 5.27. The Morgan fingerprint density at radius 3 is 2.48 bits per heavy atom. The van der Waals surface area contributed by atoms with Crippen molar-refractivity contribution in [2.24, 2.45) is 0 Å². The summed E-state index contributed by atoms with van der Waals surface area (Å²) in [7, 11) is 3.24. The minimum Gasteiger partial charge on any atom is -0.497 e. The maximum atomic E-state index is 12.9. The molecule has 2 aromatic rings. The number of rotatable bonds is 8. The van der Waals surface area contributed by atoms with Crippen LogP contribution in [0, 0.1) is 0 Å². The Kier molecular flexibility index (Phi) is 6.24. The lowest BCUT2D eigenvalue weighted by molar-refractivity contribution is -0.938. The lowest BCUT2D eigenvalue weighted by Gasteiger charge is -2.26. The summed E-state index contributed by atoms with van der Waals surface area (Å²) in [6.45, 7) is 2.78. The van der Waals surface area contributed by atoms with Crippen molar-refractivity contribution in [3.05, 3.63) is 53.1 Å². The first-order chi connectivity index (χ1) is 13.0. The standard InChI is InChI=1S/C21H25ClN2O3/c1-14(21(25)23-19-12-16(22)6-11-20(19)27-3)24(17-7-8-17)13-15-4-9-18(26-2)10-5-15/h4-6,9-12,14,17H,7-8,13H2,1-3H3,(H,23,25)/p+1/t14-/m1/s1. The van der Waals surface area contributed by atoms with E-state index in [-0.39, 0.29) is 11.9 Å². The van der Waals surface area contributed by atoms with Crippen molar-refractivity contribution in [3.63, 3.8) is 0 Å². The number of amides is 1. The summed E-state index contributed by atoms with van der Waals surface area (Å²) in [6, 6.07) is 13.6. The number of quaternary nitrogens is 1. The Morgan fingerprint density at radius 2 is 1.89 bits per heavy atom. The molecule has 0 aromatic heterocycles. The molecule has 1 saturated carbocycles. The molecule has 1 aliphatic carbocycles. The Labute approximate surface area is 165 Å². The number of hydrogen-bond donors (Lipinski definition) is 2. The molecular formula is C21H26ClN2O3+. The van der Waals surface area contributed by atoms with E-state index in [2.05, 4.69) is 17.4 Å². The zero-order chi connectivity index (χ0) is 19.4. The third kappa shape index (κ3) is 4.93. The van der Waals surface area contributed by atoms with E-state index < -0.39 is 0 Å². The van der Waals surface area contributed by atoms with Gasteiger partial charge in [0, 0.05) is 23.4 Å². The van der Waals surface area contributed by atoms with Gasteiger partial charge in [-0.25, -0.2) is 0 Å². The summed E-state index contributed by atoms with van der Waals surface area (Å²) < 4.78 is 10.6. The van der Waals surface area contributed by atoms with Gasteiger partial charge in [0.05, 0.1) is 25.9 Å². The minimum absolute atomic E-state index is 0.0361. The van der Waals surface area contributed by atoms with E-state index in [1.54, 1.807) is 32.4 Å². The van der Waals surface area contributed by atoms with E-state index in [0.717, 1.165) is 25.1 Å². The molecule has 0 saturated heterocycles. The highest BCUT2D eigenvalue weighted by molar-refractivity contribution is 6.31. The maximum absolute atomic E-state index is 12.9. The molecule has 1 aliphatic rings. The van der Waals surface area contributed by atoms with Crippen molar-refractivity contribution in [3.8, 4) is 11.5 Å². The number of ether oxygens (including phenoxy) is 2. The highest BCUT2D eigenvalue weighted by atomic mass is 35.5. The third-order valence-electron chi connectivity index (χ3n) is 5.04. The van der Waals surface area contributed by atoms with Crippen LogP contribution in [0.5, 0.6) is 11.5 Å². The second-order valence-corrected chi connectivity index (χ2v) is 7.37. The molecule has 1 fully saturated rings. The van der Waals surface area contributed by atoms with E-state index in [1.165, 1.54) is 10.5 Å². The SMILES string of the molecule is COc1ccc(C[NH+](C2CC2)[C@H](C)C(=O)Nc2cc(Cl)ccc2OC)cc1. The van der Waals surface area contributed by atoms with E-state index in [0.29, 0.717) is 22.5 Å². The summed E-state index contributed by atoms with van der Waals surface area (Å²) >= 11 is 6.07. The van der Waals surface area contributed by atoms with Crippen LogP contribution in [0.1, 0.15) is 25.3 Å². The molecule has 144 valence electrons. The number of nitrogens with one attached hydrogen (secondary N) is 2. The van der Waals surface area contributed by atoms with Gasteiger partial charge < -0.3 is 19.7 Å². The topological polar surface area (TPSA) is 52.0 Å². The van der Waals surface area contributed by atoms with Crippen LogP contribution < -0.4 is 19.7 Å². The molecule has 6 heteroatoms.